The summed E-state index contributed by atoms with van der Waals surface area (Å²) in [5.41, 5.74) is 1.23. The maximum absolute atomic E-state index is 12.6. The second-order valence-electron chi connectivity index (χ2n) is 8.24. The third-order valence-electron chi connectivity index (χ3n) is 6.34. The summed E-state index contributed by atoms with van der Waals surface area (Å²) in [6.07, 6.45) is 8.72. The molecular formula is C22H30ClN3O2. The van der Waals surface area contributed by atoms with E-state index in [-0.39, 0.29) is 35.7 Å². The number of nitrogens with zero attached hydrogens (tertiary/aromatic N) is 2. The molecule has 1 atom stereocenters. The lowest BCUT2D eigenvalue weighted by Crippen LogP contribution is -2.49. The van der Waals surface area contributed by atoms with Gasteiger partial charge in [-0.2, -0.15) is 0 Å². The van der Waals surface area contributed by atoms with Gasteiger partial charge in [-0.1, -0.05) is 42.5 Å². The number of rotatable bonds is 4. The Morgan fingerprint density at radius 3 is 2.64 bits per heavy atom. The summed E-state index contributed by atoms with van der Waals surface area (Å²) < 4.78 is 0. The van der Waals surface area contributed by atoms with Gasteiger partial charge in [0, 0.05) is 38.0 Å². The summed E-state index contributed by atoms with van der Waals surface area (Å²) in [6.45, 7) is 4.03. The SMILES string of the molecule is Cl.O=C1CC2(CCN(C(=O)[C@@H]3CCCN3)CC2)CN1C/C=C/c1ccccc1. The maximum Gasteiger partial charge on any atom is 0.239 e. The van der Waals surface area contributed by atoms with Crippen molar-refractivity contribution in [3.63, 3.8) is 0 Å². The van der Waals surface area contributed by atoms with Crippen molar-refractivity contribution in [3.8, 4) is 0 Å². The van der Waals surface area contributed by atoms with E-state index in [1.54, 1.807) is 0 Å². The van der Waals surface area contributed by atoms with Gasteiger partial charge in [0.1, 0.15) is 0 Å². The van der Waals surface area contributed by atoms with E-state index in [2.05, 4.69) is 29.6 Å². The molecule has 0 saturated carbocycles. The summed E-state index contributed by atoms with van der Waals surface area (Å²) in [7, 11) is 0. The lowest BCUT2D eigenvalue weighted by molar-refractivity contribution is -0.135. The van der Waals surface area contributed by atoms with Crippen molar-refractivity contribution in [2.45, 2.75) is 38.1 Å². The minimum Gasteiger partial charge on any atom is -0.341 e. The van der Waals surface area contributed by atoms with Crippen LogP contribution in [0.25, 0.3) is 6.08 Å². The van der Waals surface area contributed by atoms with Crippen LogP contribution in [0.15, 0.2) is 36.4 Å². The van der Waals surface area contributed by atoms with Gasteiger partial charge in [0.2, 0.25) is 11.8 Å². The molecular weight excluding hydrogens is 374 g/mol. The second-order valence-corrected chi connectivity index (χ2v) is 8.24. The van der Waals surface area contributed by atoms with Crippen LogP contribution in [0.4, 0.5) is 0 Å². The van der Waals surface area contributed by atoms with Crippen molar-refractivity contribution in [2.75, 3.05) is 32.7 Å². The van der Waals surface area contributed by atoms with Gasteiger partial charge in [-0.15, -0.1) is 12.4 Å². The molecule has 4 rings (SSSR count). The van der Waals surface area contributed by atoms with E-state index in [9.17, 15) is 9.59 Å². The zero-order chi connectivity index (χ0) is 18.7. The molecule has 0 aromatic heterocycles. The summed E-state index contributed by atoms with van der Waals surface area (Å²) in [6, 6.07) is 10.2. The molecule has 5 nitrogen and oxygen atoms in total. The van der Waals surface area contributed by atoms with Crippen LogP contribution in [0.5, 0.6) is 0 Å². The van der Waals surface area contributed by atoms with Gasteiger partial charge in [0.15, 0.2) is 0 Å². The molecule has 0 bridgehead atoms. The molecule has 28 heavy (non-hydrogen) atoms. The molecule has 6 heteroatoms. The van der Waals surface area contributed by atoms with Gasteiger partial charge in [0.25, 0.3) is 0 Å². The summed E-state index contributed by atoms with van der Waals surface area (Å²) in [5.74, 6) is 0.513. The van der Waals surface area contributed by atoms with Crippen LogP contribution in [-0.4, -0.2) is 60.4 Å². The molecule has 3 fully saturated rings. The Hall–Kier alpha value is -1.85. The third-order valence-corrected chi connectivity index (χ3v) is 6.34. The summed E-state index contributed by atoms with van der Waals surface area (Å²) in [5, 5.41) is 3.30. The maximum atomic E-state index is 12.6. The van der Waals surface area contributed by atoms with Crippen LogP contribution in [0.2, 0.25) is 0 Å². The first-order valence-electron chi connectivity index (χ1n) is 10.2. The van der Waals surface area contributed by atoms with E-state index < -0.39 is 0 Å². The number of piperidine rings is 1. The number of hydrogen-bond acceptors (Lipinski definition) is 3. The second kappa shape index (κ2) is 9.10. The molecule has 3 aliphatic rings. The molecule has 152 valence electrons. The molecule has 0 unspecified atom stereocenters. The highest BCUT2D eigenvalue weighted by molar-refractivity contribution is 5.85. The summed E-state index contributed by atoms with van der Waals surface area (Å²) in [4.78, 5) is 29.1. The van der Waals surface area contributed by atoms with Gasteiger partial charge >= 0.3 is 0 Å². The van der Waals surface area contributed by atoms with E-state index in [1.807, 2.05) is 28.0 Å². The van der Waals surface area contributed by atoms with Gasteiger partial charge < -0.3 is 15.1 Å². The monoisotopic (exact) mass is 403 g/mol. The highest BCUT2D eigenvalue weighted by Gasteiger charge is 2.45. The molecule has 1 aromatic rings. The number of likely N-dealkylation sites (tertiary alicyclic amines) is 2. The van der Waals surface area contributed by atoms with Gasteiger partial charge in [-0.25, -0.2) is 0 Å². The Morgan fingerprint density at radius 1 is 1.21 bits per heavy atom. The van der Waals surface area contributed by atoms with E-state index in [4.69, 9.17) is 0 Å². The first-order chi connectivity index (χ1) is 13.2. The van der Waals surface area contributed by atoms with Crippen LogP contribution in [0.3, 0.4) is 0 Å². The van der Waals surface area contributed by atoms with E-state index in [1.165, 1.54) is 0 Å². The Bertz CT molecular complexity index is 708. The van der Waals surface area contributed by atoms with Crippen molar-refractivity contribution >= 4 is 30.3 Å². The van der Waals surface area contributed by atoms with Crippen molar-refractivity contribution in [3.05, 3.63) is 42.0 Å². The number of nitrogens with one attached hydrogen (secondary N) is 1. The zero-order valence-electron chi connectivity index (χ0n) is 16.3. The third kappa shape index (κ3) is 4.58. The summed E-state index contributed by atoms with van der Waals surface area (Å²) >= 11 is 0. The van der Waals surface area contributed by atoms with E-state index >= 15 is 0 Å². The Kier molecular flexibility index (Phi) is 6.78. The van der Waals surface area contributed by atoms with Crippen LogP contribution >= 0.6 is 12.4 Å². The predicted molar refractivity (Wildman–Crippen MR) is 113 cm³/mol. The van der Waals surface area contributed by atoms with Crippen LogP contribution in [0, 0.1) is 5.41 Å². The highest BCUT2D eigenvalue weighted by atomic mass is 35.5. The first-order valence-corrected chi connectivity index (χ1v) is 10.2. The molecule has 1 aromatic carbocycles. The Labute approximate surface area is 173 Å². The molecule has 1 N–H and O–H groups in total. The highest BCUT2D eigenvalue weighted by Crippen LogP contribution is 2.41. The normalized spacial score (nSPS) is 24.1. The molecule has 2 amide bonds. The number of carbonyl (C=O) groups is 2. The number of amides is 2. The fourth-order valence-electron chi connectivity index (χ4n) is 4.68. The molecule has 3 saturated heterocycles. The van der Waals surface area contributed by atoms with Crippen molar-refractivity contribution < 1.29 is 9.59 Å². The largest absolute Gasteiger partial charge is 0.341 e. The smallest absolute Gasteiger partial charge is 0.239 e. The molecule has 0 radical (unpaired) electrons. The molecule has 0 aliphatic carbocycles. The van der Waals surface area contributed by atoms with Crippen molar-refractivity contribution in [1.29, 1.82) is 0 Å². The van der Waals surface area contributed by atoms with Crippen molar-refractivity contribution in [2.24, 2.45) is 5.41 Å². The minimum absolute atomic E-state index is 0. The molecule has 3 aliphatic heterocycles. The number of halogens is 1. The number of benzene rings is 1. The first kappa shape index (κ1) is 20.9. The quantitative estimate of drug-likeness (QED) is 0.840. The zero-order valence-corrected chi connectivity index (χ0v) is 17.1. The molecule has 1 spiro atoms. The fraction of sp³-hybridized carbons (Fsp3) is 0.545. The topological polar surface area (TPSA) is 52.7 Å². The minimum atomic E-state index is 0. The fourth-order valence-corrected chi connectivity index (χ4v) is 4.68. The van der Waals surface area contributed by atoms with E-state index in [0.717, 1.165) is 57.4 Å². The van der Waals surface area contributed by atoms with Crippen LogP contribution in [0.1, 0.15) is 37.7 Å². The van der Waals surface area contributed by atoms with Crippen LogP contribution in [-0.2, 0) is 9.59 Å². The lowest BCUT2D eigenvalue weighted by Gasteiger charge is -2.39. The van der Waals surface area contributed by atoms with Gasteiger partial charge in [-0.3, -0.25) is 9.59 Å². The lowest BCUT2D eigenvalue weighted by atomic mass is 9.77. The van der Waals surface area contributed by atoms with Crippen molar-refractivity contribution in [1.82, 2.24) is 15.1 Å². The van der Waals surface area contributed by atoms with E-state index in [0.29, 0.717) is 13.0 Å². The van der Waals surface area contributed by atoms with Gasteiger partial charge in [0.05, 0.1) is 6.04 Å². The standard InChI is InChI=1S/C22H29N3O2.ClH/c26-20-16-22(17-25(20)13-5-8-18-6-2-1-3-7-18)10-14-24(15-11-22)21(27)19-9-4-12-23-19;/h1-3,5-8,19,23H,4,9-17H2;1H/b8-5+;/t19-;/m0./s1. The Balaban J connectivity index is 0.00000225. The average molecular weight is 404 g/mol. The Morgan fingerprint density at radius 2 is 1.96 bits per heavy atom. The van der Waals surface area contributed by atoms with Crippen LogP contribution < -0.4 is 5.32 Å². The number of carbonyl (C=O) groups excluding carboxylic acids is 2. The molecule has 3 heterocycles. The predicted octanol–water partition coefficient (Wildman–Crippen LogP) is 2.71. The number of hydrogen-bond donors (Lipinski definition) is 1. The average Bonchev–Trinajstić information content (AvgIpc) is 3.32. The van der Waals surface area contributed by atoms with Gasteiger partial charge in [-0.05, 0) is 37.8 Å².